The lowest BCUT2D eigenvalue weighted by molar-refractivity contribution is 0.00578. The van der Waals surface area contributed by atoms with Gasteiger partial charge in [0.1, 0.15) is 10.9 Å². The topological polar surface area (TPSA) is 40.6 Å². The van der Waals surface area contributed by atoms with Gasteiger partial charge in [0.2, 0.25) is 0 Å². The van der Waals surface area contributed by atoms with Crippen molar-refractivity contribution in [3.63, 3.8) is 0 Å². The highest BCUT2D eigenvalue weighted by Crippen LogP contribution is 2.36. The Hall–Kier alpha value is -1.56. The van der Waals surface area contributed by atoms with Crippen molar-refractivity contribution in [2.45, 2.75) is 51.7 Å². The van der Waals surface area contributed by atoms with Crippen LogP contribution in [0.1, 0.15) is 39.0 Å². The van der Waals surface area contributed by atoms with E-state index >= 15 is 0 Å². The molecule has 0 N–H and O–H groups in total. The maximum atomic E-state index is 6.25. The monoisotopic (exact) mass is 373 g/mol. The lowest BCUT2D eigenvalue weighted by atomic mass is 9.79. The number of benzene rings is 1. The van der Waals surface area contributed by atoms with Crippen LogP contribution in [0.3, 0.4) is 0 Å². The van der Waals surface area contributed by atoms with E-state index in [0.29, 0.717) is 5.15 Å². The molecule has 138 valence electrons. The largest absolute Gasteiger partial charge is 0.497 e. The fourth-order valence-corrected chi connectivity index (χ4v) is 3.12. The fraction of sp³-hybridized carbons (Fsp3) is 0.450. The van der Waals surface area contributed by atoms with Crippen LogP contribution in [0.25, 0.3) is 0 Å². The molecule has 1 fully saturated rings. The van der Waals surface area contributed by atoms with Crippen LogP contribution < -0.4 is 10.2 Å². The number of aryl methyl sites for hydroxylation is 2. The summed E-state index contributed by atoms with van der Waals surface area (Å²) >= 11 is 6.25. The summed E-state index contributed by atoms with van der Waals surface area (Å²) in [5.74, 6) is 0.859. The molecule has 0 bridgehead atoms. The zero-order chi connectivity index (χ0) is 18.9. The van der Waals surface area contributed by atoms with Gasteiger partial charge in [-0.2, -0.15) is 0 Å². The molecular weight excluding hydrogens is 348 g/mol. The molecule has 3 rings (SSSR count). The van der Waals surface area contributed by atoms with Gasteiger partial charge in [0.15, 0.2) is 0 Å². The van der Waals surface area contributed by atoms with Gasteiger partial charge < -0.3 is 14.0 Å². The molecular formula is C20H25BClNO3. The predicted octanol–water partition coefficient (Wildman–Crippen LogP) is 3.83. The zero-order valence-corrected chi connectivity index (χ0v) is 16.8. The minimum atomic E-state index is -0.430. The smallest absolute Gasteiger partial charge is 0.495 e. The minimum absolute atomic E-state index is 0.378. The van der Waals surface area contributed by atoms with Gasteiger partial charge >= 0.3 is 7.12 Å². The number of hydrogen-bond donors (Lipinski definition) is 0. The molecule has 0 radical (unpaired) electrons. The first-order chi connectivity index (χ1) is 12.2. The van der Waals surface area contributed by atoms with Crippen LogP contribution in [0, 0.1) is 0 Å². The minimum Gasteiger partial charge on any atom is -0.497 e. The third-order valence-electron chi connectivity index (χ3n) is 5.22. The molecule has 2 heterocycles. The quantitative estimate of drug-likeness (QED) is 0.590. The van der Waals surface area contributed by atoms with E-state index in [9.17, 15) is 0 Å². The summed E-state index contributed by atoms with van der Waals surface area (Å²) in [5, 5.41) is 0.460. The summed E-state index contributed by atoms with van der Waals surface area (Å²) in [7, 11) is 1.24. The summed E-state index contributed by atoms with van der Waals surface area (Å²) in [5.41, 5.74) is 2.31. The van der Waals surface area contributed by atoms with E-state index in [1.165, 1.54) is 5.56 Å². The van der Waals surface area contributed by atoms with Crippen molar-refractivity contribution in [2.24, 2.45) is 0 Å². The molecule has 0 spiro atoms. The summed E-state index contributed by atoms with van der Waals surface area (Å²) in [6, 6.07) is 11.9. The molecule has 1 saturated heterocycles. The molecule has 1 aliphatic heterocycles. The molecule has 1 aliphatic rings. The third-order valence-corrected chi connectivity index (χ3v) is 5.42. The molecule has 0 saturated carbocycles. The maximum absolute atomic E-state index is 6.25. The van der Waals surface area contributed by atoms with E-state index in [4.69, 9.17) is 25.6 Å². The van der Waals surface area contributed by atoms with Gasteiger partial charge in [-0.15, -0.1) is 0 Å². The first-order valence-corrected chi connectivity index (χ1v) is 9.23. The molecule has 26 heavy (non-hydrogen) atoms. The highest BCUT2D eigenvalue weighted by molar-refractivity contribution is 6.62. The molecule has 4 nitrogen and oxygen atoms in total. The van der Waals surface area contributed by atoms with E-state index in [1.807, 2.05) is 52.0 Å². The Morgan fingerprint density at radius 1 is 1.00 bits per heavy atom. The third kappa shape index (κ3) is 4.06. The number of aromatic nitrogens is 1. The van der Waals surface area contributed by atoms with Crippen LogP contribution in [-0.4, -0.2) is 30.4 Å². The second-order valence-corrected chi connectivity index (χ2v) is 8.04. The SMILES string of the molecule is COc1ccc(CCc2cc(B3OC(C)(C)C(C)(C)O3)cc(Cl)n2)cc1. The predicted molar refractivity (Wildman–Crippen MR) is 105 cm³/mol. The van der Waals surface area contributed by atoms with Crippen LogP contribution in [-0.2, 0) is 22.2 Å². The van der Waals surface area contributed by atoms with Crippen molar-refractivity contribution in [3.05, 3.63) is 52.8 Å². The number of nitrogens with zero attached hydrogens (tertiary/aromatic N) is 1. The van der Waals surface area contributed by atoms with E-state index in [1.54, 1.807) is 7.11 Å². The van der Waals surface area contributed by atoms with Crippen LogP contribution in [0.4, 0.5) is 0 Å². The van der Waals surface area contributed by atoms with E-state index < -0.39 is 7.12 Å². The summed E-state index contributed by atoms with van der Waals surface area (Å²) in [4.78, 5) is 4.46. The summed E-state index contributed by atoms with van der Waals surface area (Å²) in [6.07, 6.45) is 1.67. The first-order valence-electron chi connectivity index (χ1n) is 8.85. The maximum Gasteiger partial charge on any atom is 0.495 e. The van der Waals surface area contributed by atoms with Crippen LogP contribution in [0.2, 0.25) is 5.15 Å². The summed E-state index contributed by atoms with van der Waals surface area (Å²) < 4.78 is 17.4. The number of halogens is 1. The van der Waals surface area contributed by atoms with Crippen molar-refractivity contribution in [1.82, 2.24) is 4.98 Å². The van der Waals surface area contributed by atoms with Crippen molar-refractivity contribution >= 4 is 24.2 Å². The number of methoxy groups -OCH3 is 1. The average molecular weight is 374 g/mol. The Morgan fingerprint density at radius 3 is 2.19 bits per heavy atom. The van der Waals surface area contributed by atoms with E-state index in [-0.39, 0.29) is 11.2 Å². The number of rotatable bonds is 5. The molecule has 1 aromatic heterocycles. The Morgan fingerprint density at radius 2 is 1.62 bits per heavy atom. The number of hydrogen-bond acceptors (Lipinski definition) is 4. The van der Waals surface area contributed by atoms with E-state index in [0.717, 1.165) is 29.7 Å². The standard InChI is InChI=1S/C20H25BClNO3/c1-19(2)20(3,4)26-21(25-19)15-12-16(23-18(22)13-15)9-6-14-7-10-17(24-5)11-8-14/h7-8,10-13H,6,9H2,1-5H3. The second-order valence-electron chi connectivity index (χ2n) is 7.65. The molecule has 0 aliphatic carbocycles. The first kappa shape index (κ1) is 19.2. The van der Waals surface area contributed by atoms with Crippen molar-refractivity contribution in [2.75, 3.05) is 7.11 Å². The van der Waals surface area contributed by atoms with Gasteiger partial charge in [0.05, 0.1) is 18.3 Å². The van der Waals surface area contributed by atoms with Crippen LogP contribution >= 0.6 is 11.6 Å². The highest BCUT2D eigenvalue weighted by atomic mass is 35.5. The van der Waals surface area contributed by atoms with Gasteiger partial charge in [-0.3, -0.25) is 0 Å². The zero-order valence-electron chi connectivity index (χ0n) is 16.0. The van der Waals surface area contributed by atoms with Crippen molar-refractivity contribution < 1.29 is 14.0 Å². The van der Waals surface area contributed by atoms with Crippen molar-refractivity contribution in [1.29, 1.82) is 0 Å². The normalized spacial score (nSPS) is 18.2. The van der Waals surface area contributed by atoms with Crippen molar-refractivity contribution in [3.8, 4) is 5.75 Å². The fourth-order valence-electron chi connectivity index (χ4n) is 2.88. The van der Waals surface area contributed by atoms with E-state index in [2.05, 4.69) is 17.1 Å². The lowest BCUT2D eigenvalue weighted by Crippen LogP contribution is -2.41. The Labute approximate surface area is 161 Å². The summed E-state index contributed by atoms with van der Waals surface area (Å²) in [6.45, 7) is 8.17. The lowest BCUT2D eigenvalue weighted by Gasteiger charge is -2.32. The second kappa shape index (κ2) is 7.22. The Bertz CT molecular complexity index is 761. The van der Waals surface area contributed by atoms with Crippen LogP contribution in [0.15, 0.2) is 36.4 Å². The van der Waals surface area contributed by atoms with Gasteiger partial charge in [0.25, 0.3) is 0 Å². The van der Waals surface area contributed by atoms with Gasteiger partial charge in [-0.25, -0.2) is 4.98 Å². The molecule has 1 aromatic carbocycles. The molecule has 0 atom stereocenters. The van der Waals surface area contributed by atoms with Gasteiger partial charge in [-0.1, -0.05) is 23.7 Å². The Kier molecular flexibility index (Phi) is 5.34. The number of pyridine rings is 1. The Balaban J connectivity index is 1.73. The molecule has 0 amide bonds. The molecule has 0 unspecified atom stereocenters. The van der Waals surface area contributed by atoms with Gasteiger partial charge in [0, 0.05) is 5.69 Å². The highest BCUT2D eigenvalue weighted by Gasteiger charge is 2.51. The van der Waals surface area contributed by atoms with Gasteiger partial charge in [-0.05, 0) is 75.8 Å². The number of ether oxygens (including phenoxy) is 1. The molecule has 6 heteroatoms. The van der Waals surface area contributed by atoms with Crippen LogP contribution in [0.5, 0.6) is 5.75 Å². The average Bonchev–Trinajstić information content (AvgIpc) is 2.81. The molecule has 2 aromatic rings.